The SMILES string of the molecule is [S-]C1=C([S-])SC(c2ccccc2)C(c2ccccc2)S1. The average molecular weight is 333 g/mol. The van der Waals surface area contributed by atoms with E-state index in [1.165, 1.54) is 11.1 Å². The zero-order valence-corrected chi connectivity index (χ0v) is 13.8. The third-order valence-corrected chi connectivity index (χ3v) is 7.27. The van der Waals surface area contributed by atoms with Gasteiger partial charge in [-0.3, -0.25) is 0 Å². The van der Waals surface area contributed by atoms with Crippen LogP contribution in [0.4, 0.5) is 0 Å². The summed E-state index contributed by atoms with van der Waals surface area (Å²) >= 11 is 14.3. The molecular weight excluding hydrogens is 320 g/mol. The summed E-state index contributed by atoms with van der Waals surface area (Å²) in [6.45, 7) is 0. The van der Waals surface area contributed by atoms with E-state index >= 15 is 0 Å². The zero-order chi connectivity index (χ0) is 13.9. The van der Waals surface area contributed by atoms with E-state index in [0.29, 0.717) is 10.5 Å². The Kier molecular flexibility index (Phi) is 4.56. The van der Waals surface area contributed by atoms with Gasteiger partial charge in [-0.15, -0.1) is 23.5 Å². The minimum atomic E-state index is 0.322. The van der Waals surface area contributed by atoms with Crippen LogP contribution in [0.5, 0.6) is 0 Å². The zero-order valence-electron chi connectivity index (χ0n) is 10.6. The summed E-state index contributed by atoms with van der Waals surface area (Å²) in [5.41, 5.74) is 2.62. The molecule has 0 aromatic heterocycles. The van der Waals surface area contributed by atoms with Crippen molar-refractivity contribution in [1.82, 2.24) is 0 Å². The number of benzene rings is 2. The second-order valence-corrected chi connectivity index (χ2v) is 8.11. The van der Waals surface area contributed by atoms with Crippen LogP contribution in [-0.2, 0) is 25.3 Å². The Morgan fingerprint density at radius 2 is 0.950 bits per heavy atom. The van der Waals surface area contributed by atoms with Gasteiger partial charge >= 0.3 is 0 Å². The molecule has 102 valence electrons. The Morgan fingerprint density at radius 3 is 1.30 bits per heavy atom. The molecule has 0 nitrogen and oxygen atoms in total. The number of thioether (sulfide) groups is 2. The summed E-state index contributed by atoms with van der Waals surface area (Å²) in [7, 11) is 0. The lowest BCUT2D eigenvalue weighted by Gasteiger charge is -2.40. The average Bonchev–Trinajstić information content (AvgIpc) is 2.51. The van der Waals surface area contributed by atoms with E-state index in [1.807, 2.05) is 12.1 Å². The quantitative estimate of drug-likeness (QED) is 0.696. The molecular formula is C16H12S4-2. The molecule has 2 atom stereocenters. The Hall–Kier alpha value is -0.680. The van der Waals surface area contributed by atoms with Crippen molar-refractivity contribution >= 4 is 48.8 Å². The van der Waals surface area contributed by atoms with Crippen LogP contribution in [0.1, 0.15) is 21.6 Å². The van der Waals surface area contributed by atoms with Crippen LogP contribution in [-0.4, -0.2) is 0 Å². The van der Waals surface area contributed by atoms with Gasteiger partial charge in [-0.05, 0) is 11.1 Å². The first kappa shape index (κ1) is 14.3. The minimum Gasteiger partial charge on any atom is -0.774 e. The lowest BCUT2D eigenvalue weighted by molar-refractivity contribution is 0.910. The monoisotopic (exact) mass is 332 g/mol. The van der Waals surface area contributed by atoms with Crippen molar-refractivity contribution < 1.29 is 0 Å². The van der Waals surface area contributed by atoms with E-state index < -0.39 is 0 Å². The molecule has 0 saturated carbocycles. The van der Waals surface area contributed by atoms with Gasteiger partial charge in [0.15, 0.2) is 0 Å². The molecule has 0 aliphatic carbocycles. The molecule has 0 saturated heterocycles. The summed E-state index contributed by atoms with van der Waals surface area (Å²) < 4.78 is 1.71. The fraction of sp³-hybridized carbons (Fsp3) is 0.125. The van der Waals surface area contributed by atoms with Gasteiger partial charge in [0.05, 0.1) is 0 Å². The van der Waals surface area contributed by atoms with E-state index in [2.05, 4.69) is 48.5 Å². The van der Waals surface area contributed by atoms with Gasteiger partial charge in [0, 0.05) is 10.5 Å². The van der Waals surface area contributed by atoms with E-state index in [1.54, 1.807) is 23.5 Å². The molecule has 0 amide bonds. The first-order chi connectivity index (χ1) is 9.75. The highest BCUT2D eigenvalue weighted by atomic mass is 32.2. The minimum absolute atomic E-state index is 0.322. The third-order valence-electron chi connectivity index (χ3n) is 3.17. The molecule has 0 bridgehead atoms. The lowest BCUT2D eigenvalue weighted by atomic mass is 10.0. The summed E-state index contributed by atoms with van der Waals surface area (Å²) in [5, 5.41) is 0.644. The topological polar surface area (TPSA) is 0 Å². The maximum absolute atomic E-state index is 5.41. The Bertz CT molecular complexity index is 551. The molecule has 1 aliphatic rings. The number of rotatable bonds is 2. The second-order valence-electron chi connectivity index (χ2n) is 4.47. The molecule has 20 heavy (non-hydrogen) atoms. The summed E-state index contributed by atoms with van der Waals surface area (Å²) in [4.78, 5) is 0. The summed E-state index contributed by atoms with van der Waals surface area (Å²) in [6, 6.07) is 21.1. The normalized spacial score (nSPS) is 22.8. The van der Waals surface area contributed by atoms with Crippen molar-refractivity contribution in [1.29, 1.82) is 0 Å². The molecule has 0 spiro atoms. The smallest absolute Gasteiger partial charge is 0.0485 e. The van der Waals surface area contributed by atoms with Crippen LogP contribution in [0.15, 0.2) is 69.1 Å². The maximum Gasteiger partial charge on any atom is 0.0485 e. The van der Waals surface area contributed by atoms with Gasteiger partial charge in [0.25, 0.3) is 0 Å². The van der Waals surface area contributed by atoms with Crippen molar-refractivity contribution in [2.24, 2.45) is 0 Å². The largest absolute Gasteiger partial charge is 0.774 e. The summed E-state index contributed by atoms with van der Waals surface area (Å²) in [6.07, 6.45) is 0. The molecule has 1 heterocycles. The van der Waals surface area contributed by atoms with Crippen LogP contribution in [0, 0.1) is 0 Å². The number of hydrogen-bond donors (Lipinski definition) is 0. The van der Waals surface area contributed by atoms with Crippen LogP contribution in [0.2, 0.25) is 0 Å². The second kappa shape index (κ2) is 6.39. The van der Waals surface area contributed by atoms with E-state index in [4.69, 9.17) is 25.3 Å². The fourth-order valence-corrected chi connectivity index (χ4v) is 5.56. The highest BCUT2D eigenvalue weighted by molar-refractivity contribution is 8.19. The Morgan fingerprint density at radius 1 is 0.600 bits per heavy atom. The van der Waals surface area contributed by atoms with Gasteiger partial charge in [-0.1, -0.05) is 60.7 Å². The molecule has 0 N–H and O–H groups in total. The molecule has 4 heteroatoms. The van der Waals surface area contributed by atoms with Crippen molar-refractivity contribution in [3.63, 3.8) is 0 Å². The molecule has 0 fully saturated rings. The van der Waals surface area contributed by atoms with Crippen molar-refractivity contribution in [3.8, 4) is 0 Å². The third kappa shape index (κ3) is 2.98. The van der Waals surface area contributed by atoms with Gasteiger partial charge < -0.3 is 25.3 Å². The van der Waals surface area contributed by atoms with Crippen molar-refractivity contribution in [3.05, 3.63) is 80.3 Å². The first-order valence-corrected chi connectivity index (χ1v) is 8.85. The standard InChI is InChI=1S/C16H14S4/c17-15-16(18)20-14(12-9-5-2-6-10-12)13(19-15)11-7-3-1-4-8-11/h1-10,13-14,17-18H/p-2. The molecule has 2 aromatic carbocycles. The van der Waals surface area contributed by atoms with Crippen LogP contribution >= 0.6 is 23.5 Å². The first-order valence-electron chi connectivity index (χ1n) is 6.27. The molecule has 2 unspecified atom stereocenters. The highest BCUT2D eigenvalue weighted by Crippen LogP contribution is 2.57. The van der Waals surface area contributed by atoms with Crippen molar-refractivity contribution in [2.45, 2.75) is 10.5 Å². The van der Waals surface area contributed by atoms with Crippen LogP contribution < -0.4 is 0 Å². The predicted molar refractivity (Wildman–Crippen MR) is 95.3 cm³/mol. The molecule has 3 rings (SSSR count). The highest BCUT2D eigenvalue weighted by Gasteiger charge is 2.27. The molecule has 0 radical (unpaired) electrons. The number of hydrogen-bond acceptors (Lipinski definition) is 4. The Labute approximate surface area is 139 Å². The molecule has 1 aliphatic heterocycles. The van der Waals surface area contributed by atoms with Gasteiger partial charge in [0.2, 0.25) is 0 Å². The van der Waals surface area contributed by atoms with Crippen LogP contribution in [0.3, 0.4) is 0 Å². The van der Waals surface area contributed by atoms with Gasteiger partial charge in [-0.2, -0.15) is 8.47 Å². The summed E-state index contributed by atoms with van der Waals surface area (Å²) in [5.74, 6) is 0. The fourth-order valence-electron chi connectivity index (χ4n) is 2.22. The van der Waals surface area contributed by atoms with Crippen LogP contribution in [0.25, 0.3) is 0 Å². The van der Waals surface area contributed by atoms with Crippen molar-refractivity contribution in [2.75, 3.05) is 0 Å². The lowest BCUT2D eigenvalue weighted by Crippen LogP contribution is -2.09. The van der Waals surface area contributed by atoms with E-state index in [0.717, 1.165) is 8.47 Å². The van der Waals surface area contributed by atoms with Gasteiger partial charge in [0.1, 0.15) is 0 Å². The molecule has 2 aromatic rings. The van der Waals surface area contributed by atoms with E-state index in [9.17, 15) is 0 Å². The Balaban J connectivity index is 2.01. The predicted octanol–water partition coefficient (Wildman–Crippen LogP) is 5.17. The van der Waals surface area contributed by atoms with Gasteiger partial charge in [-0.25, -0.2) is 0 Å². The maximum atomic E-state index is 5.41. The van der Waals surface area contributed by atoms with E-state index in [-0.39, 0.29) is 0 Å².